The van der Waals surface area contributed by atoms with Crippen LogP contribution in [-0.4, -0.2) is 43.6 Å². The molecule has 0 saturated carbocycles. The monoisotopic (exact) mass is 497 g/mol. The number of benzene rings is 1. The summed E-state index contributed by atoms with van der Waals surface area (Å²) in [5.74, 6) is 1.26. The summed E-state index contributed by atoms with van der Waals surface area (Å²) in [6.07, 6.45) is 2.62. The maximum Gasteiger partial charge on any atom is 0.257 e. The molecule has 0 fully saturated rings. The van der Waals surface area contributed by atoms with Crippen molar-refractivity contribution in [3.8, 4) is 5.75 Å². The Morgan fingerprint density at radius 3 is 2.71 bits per heavy atom. The molecule has 0 unspecified atom stereocenters. The van der Waals surface area contributed by atoms with Crippen molar-refractivity contribution >= 4 is 35.8 Å². The van der Waals surface area contributed by atoms with Gasteiger partial charge in [0.25, 0.3) is 5.91 Å². The molecule has 2 aromatic rings. The van der Waals surface area contributed by atoms with Crippen LogP contribution >= 0.6 is 24.0 Å². The molecular formula is C20H28IN5O2. The Kier molecular flexibility index (Phi) is 11.6. The fraction of sp³-hybridized carbons (Fsp3) is 0.350. The number of aromatic nitrogens is 1. The number of halogens is 1. The summed E-state index contributed by atoms with van der Waals surface area (Å²) in [6, 6.07) is 13.5. The largest absolute Gasteiger partial charge is 0.484 e. The molecule has 8 heteroatoms. The molecule has 1 aromatic heterocycles. The minimum atomic E-state index is -0.126. The first kappa shape index (κ1) is 23.7. The van der Waals surface area contributed by atoms with E-state index >= 15 is 0 Å². The summed E-state index contributed by atoms with van der Waals surface area (Å²) >= 11 is 0. The topological polar surface area (TPSA) is 87.6 Å². The van der Waals surface area contributed by atoms with Crippen LogP contribution in [0, 0.1) is 0 Å². The fourth-order valence-electron chi connectivity index (χ4n) is 2.40. The highest BCUT2D eigenvalue weighted by molar-refractivity contribution is 14.0. The number of aliphatic imine (C=N–C) groups is 1. The van der Waals surface area contributed by atoms with E-state index in [9.17, 15) is 4.79 Å². The van der Waals surface area contributed by atoms with Gasteiger partial charge in [0, 0.05) is 45.0 Å². The minimum Gasteiger partial charge on any atom is -0.484 e. The Morgan fingerprint density at radius 1 is 1.14 bits per heavy atom. The molecule has 1 aromatic carbocycles. The molecule has 0 saturated heterocycles. The molecule has 0 radical (unpaired) electrons. The highest BCUT2D eigenvalue weighted by Crippen LogP contribution is 2.13. The van der Waals surface area contributed by atoms with Crippen LogP contribution in [0.2, 0.25) is 0 Å². The normalized spacial score (nSPS) is 10.6. The molecule has 0 atom stereocenters. The van der Waals surface area contributed by atoms with Crippen molar-refractivity contribution in [2.75, 3.05) is 26.7 Å². The Labute approximate surface area is 183 Å². The lowest BCUT2D eigenvalue weighted by molar-refractivity contribution is -0.122. The molecule has 7 nitrogen and oxygen atoms in total. The van der Waals surface area contributed by atoms with E-state index in [0.717, 1.165) is 30.2 Å². The smallest absolute Gasteiger partial charge is 0.257 e. The highest BCUT2D eigenvalue weighted by Gasteiger charge is 2.03. The average molecular weight is 497 g/mol. The SMILES string of the molecule is CCNC(=O)COc1cccc(CNC(=NC)NCCc2ccccn2)c1.I. The van der Waals surface area contributed by atoms with Gasteiger partial charge in [-0.25, -0.2) is 0 Å². The summed E-state index contributed by atoms with van der Waals surface area (Å²) in [4.78, 5) is 20.0. The van der Waals surface area contributed by atoms with Crippen LogP contribution < -0.4 is 20.7 Å². The van der Waals surface area contributed by atoms with E-state index in [1.54, 1.807) is 13.2 Å². The Bertz CT molecular complexity index is 740. The average Bonchev–Trinajstić information content (AvgIpc) is 2.70. The van der Waals surface area contributed by atoms with Crippen LogP contribution in [0.1, 0.15) is 18.2 Å². The minimum absolute atomic E-state index is 0. The summed E-state index contributed by atoms with van der Waals surface area (Å²) < 4.78 is 5.52. The molecule has 0 aliphatic rings. The van der Waals surface area contributed by atoms with Gasteiger partial charge in [-0.2, -0.15) is 0 Å². The van der Waals surface area contributed by atoms with Gasteiger partial charge >= 0.3 is 0 Å². The summed E-state index contributed by atoms with van der Waals surface area (Å²) in [5, 5.41) is 9.24. The first-order chi connectivity index (χ1) is 13.2. The third kappa shape index (κ3) is 9.03. The highest BCUT2D eigenvalue weighted by atomic mass is 127. The van der Waals surface area contributed by atoms with Crippen molar-refractivity contribution < 1.29 is 9.53 Å². The summed E-state index contributed by atoms with van der Waals surface area (Å²) in [5.41, 5.74) is 2.08. The van der Waals surface area contributed by atoms with Gasteiger partial charge in [0.1, 0.15) is 5.75 Å². The first-order valence-electron chi connectivity index (χ1n) is 9.04. The van der Waals surface area contributed by atoms with Crippen LogP contribution in [0.15, 0.2) is 53.7 Å². The van der Waals surface area contributed by atoms with Crippen molar-refractivity contribution in [1.82, 2.24) is 20.9 Å². The van der Waals surface area contributed by atoms with E-state index in [1.807, 2.05) is 49.4 Å². The van der Waals surface area contributed by atoms with E-state index in [-0.39, 0.29) is 36.5 Å². The molecule has 0 aliphatic carbocycles. The third-order valence-electron chi connectivity index (χ3n) is 3.73. The van der Waals surface area contributed by atoms with Crippen molar-refractivity contribution in [2.45, 2.75) is 19.9 Å². The van der Waals surface area contributed by atoms with E-state index in [0.29, 0.717) is 18.8 Å². The molecule has 0 aliphatic heterocycles. The molecule has 3 N–H and O–H groups in total. The molecule has 1 heterocycles. The van der Waals surface area contributed by atoms with Crippen LogP contribution in [-0.2, 0) is 17.8 Å². The zero-order valence-corrected chi connectivity index (χ0v) is 18.6. The number of pyridine rings is 1. The van der Waals surface area contributed by atoms with Crippen molar-refractivity contribution in [1.29, 1.82) is 0 Å². The molecule has 0 spiro atoms. The molecule has 0 bridgehead atoms. The summed E-state index contributed by atoms with van der Waals surface area (Å²) in [7, 11) is 1.74. The number of amides is 1. The van der Waals surface area contributed by atoms with Gasteiger partial charge in [-0.1, -0.05) is 18.2 Å². The quantitative estimate of drug-likeness (QED) is 0.281. The van der Waals surface area contributed by atoms with Gasteiger partial charge in [-0.05, 0) is 36.8 Å². The van der Waals surface area contributed by atoms with Gasteiger partial charge < -0.3 is 20.7 Å². The summed E-state index contributed by atoms with van der Waals surface area (Å²) in [6.45, 7) is 3.83. The number of nitrogens with one attached hydrogen (secondary N) is 3. The van der Waals surface area contributed by atoms with E-state index in [2.05, 4.69) is 25.9 Å². The Balaban J connectivity index is 0.00000392. The lowest BCUT2D eigenvalue weighted by Crippen LogP contribution is -2.37. The predicted octanol–water partition coefficient (Wildman–Crippen LogP) is 2.12. The molecule has 1 amide bonds. The van der Waals surface area contributed by atoms with Crippen molar-refractivity contribution in [3.05, 3.63) is 59.9 Å². The zero-order chi connectivity index (χ0) is 19.3. The second kappa shape index (κ2) is 13.8. The lowest BCUT2D eigenvalue weighted by Gasteiger charge is -2.12. The standard InChI is InChI=1S/C20H27N5O2.HI/c1-3-22-19(26)15-27-18-9-6-7-16(13-18)14-25-20(21-2)24-12-10-17-8-4-5-11-23-17;/h4-9,11,13H,3,10,12,14-15H2,1-2H3,(H,22,26)(H2,21,24,25);1H. The van der Waals surface area contributed by atoms with Crippen LogP contribution in [0.25, 0.3) is 0 Å². The number of rotatable bonds is 9. The van der Waals surface area contributed by atoms with E-state index < -0.39 is 0 Å². The van der Waals surface area contributed by atoms with Gasteiger partial charge in [0.05, 0.1) is 0 Å². The maximum atomic E-state index is 11.5. The van der Waals surface area contributed by atoms with E-state index in [4.69, 9.17) is 4.74 Å². The van der Waals surface area contributed by atoms with Crippen LogP contribution in [0.3, 0.4) is 0 Å². The maximum absolute atomic E-state index is 11.5. The predicted molar refractivity (Wildman–Crippen MR) is 122 cm³/mol. The van der Waals surface area contributed by atoms with Gasteiger partial charge in [-0.3, -0.25) is 14.8 Å². The van der Waals surface area contributed by atoms with Crippen LogP contribution in [0.4, 0.5) is 0 Å². The van der Waals surface area contributed by atoms with Gasteiger partial charge in [-0.15, -0.1) is 24.0 Å². The molecule has 28 heavy (non-hydrogen) atoms. The van der Waals surface area contributed by atoms with E-state index in [1.165, 1.54) is 0 Å². The molecular weight excluding hydrogens is 469 g/mol. The number of hydrogen-bond acceptors (Lipinski definition) is 4. The molecule has 2 rings (SSSR count). The number of ether oxygens (including phenoxy) is 1. The number of carbonyl (C=O) groups excluding carboxylic acids is 1. The second-order valence-corrected chi connectivity index (χ2v) is 5.81. The number of guanidine groups is 1. The van der Waals surface area contributed by atoms with Crippen molar-refractivity contribution in [3.63, 3.8) is 0 Å². The second-order valence-electron chi connectivity index (χ2n) is 5.81. The number of nitrogens with zero attached hydrogens (tertiary/aromatic N) is 2. The number of likely N-dealkylation sites (N-methyl/N-ethyl adjacent to an activating group) is 1. The zero-order valence-electron chi connectivity index (χ0n) is 16.3. The van der Waals surface area contributed by atoms with Crippen LogP contribution in [0.5, 0.6) is 5.75 Å². The Morgan fingerprint density at radius 2 is 2.00 bits per heavy atom. The lowest BCUT2D eigenvalue weighted by atomic mass is 10.2. The van der Waals surface area contributed by atoms with Crippen molar-refractivity contribution in [2.24, 2.45) is 4.99 Å². The molecule has 152 valence electrons. The number of hydrogen-bond donors (Lipinski definition) is 3. The fourth-order valence-corrected chi connectivity index (χ4v) is 2.40. The Hall–Kier alpha value is -2.36. The first-order valence-corrected chi connectivity index (χ1v) is 9.04. The number of carbonyl (C=O) groups is 1. The third-order valence-corrected chi connectivity index (χ3v) is 3.73. The van der Waals surface area contributed by atoms with Gasteiger partial charge in [0.15, 0.2) is 12.6 Å². The van der Waals surface area contributed by atoms with Gasteiger partial charge in [0.2, 0.25) is 0 Å².